The smallest absolute Gasteiger partial charge is 0.322 e. The summed E-state index contributed by atoms with van der Waals surface area (Å²) in [7, 11) is -15.0. The van der Waals surface area contributed by atoms with Crippen LogP contribution < -0.4 is 0 Å². The van der Waals surface area contributed by atoms with Crippen molar-refractivity contribution in [2.24, 2.45) is 0 Å². The Labute approximate surface area is 93.2 Å². The predicted octanol–water partition coefficient (Wildman–Crippen LogP) is 0.366. The van der Waals surface area contributed by atoms with E-state index in [0.29, 0.717) is 0 Å². The summed E-state index contributed by atoms with van der Waals surface area (Å²) >= 11 is -0.562. The van der Waals surface area contributed by atoms with Gasteiger partial charge in [0.1, 0.15) is 0 Å². The fourth-order valence-electron chi connectivity index (χ4n) is 0.269. The predicted molar refractivity (Wildman–Crippen MR) is 48.1 cm³/mol. The molecule has 97 valence electrons. The molecule has 0 aromatic rings. The van der Waals surface area contributed by atoms with E-state index in [-0.39, 0.29) is 0 Å². The zero-order chi connectivity index (χ0) is 13.0. The van der Waals surface area contributed by atoms with E-state index in [2.05, 4.69) is 12.3 Å². The lowest BCUT2D eigenvalue weighted by atomic mass is 11.7. The molecule has 1 radical (unpaired) electrons. The molecule has 0 fully saturated rings. The van der Waals surface area contributed by atoms with Crippen molar-refractivity contribution in [1.29, 1.82) is 0 Å². The Balaban J connectivity index is 4.17. The second kappa shape index (κ2) is 6.05. The Kier molecular flexibility index (Phi) is 6.33. The van der Waals surface area contributed by atoms with Gasteiger partial charge in [0.25, 0.3) is 0 Å². The summed E-state index contributed by atoms with van der Waals surface area (Å²) in [5.41, 5.74) is 0. The Hall–Kier alpha value is 0.720. The van der Waals surface area contributed by atoms with Gasteiger partial charge in [-0.2, -0.15) is 8.28 Å². The monoisotopic (exact) mass is 319 g/mol. The van der Waals surface area contributed by atoms with Gasteiger partial charge in [-0.15, -0.1) is 0 Å². The molecule has 0 heterocycles. The van der Waals surface area contributed by atoms with E-state index >= 15 is 0 Å². The highest BCUT2D eigenvalue weighted by atomic mass is 32.2. The van der Waals surface area contributed by atoms with Gasteiger partial charge in [-0.1, -0.05) is 0 Å². The fraction of sp³-hybridized carbons (Fsp3) is 1.00. The summed E-state index contributed by atoms with van der Waals surface area (Å²) in [6, 6.07) is 0. The van der Waals surface area contributed by atoms with E-state index < -0.39 is 41.9 Å². The van der Waals surface area contributed by atoms with Gasteiger partial charge in [0, 0.05) is 0 Å². The molecule has 2 unspecified atom stereocenters. The van der Waals surface area contributed by atoms with E-state index in [0.717, 1.165) is 0 Å². The van der Waals surface area contributed by atoms with Gasteiger partial charge in [0.2, 0.25) is 0 Å². The molecule has 0 aromatic carbocycles. The van der Waals surface area contributed by atoms with Crippen LogP contribution >= 0.6 is 35.6 Å². The summed E-state index contributed by atoms with van der Waals surface area (Å²) in [6.07, 6.45) is -1.53. The van der Waals surface area contributed by atoms with Crippen LogP contribution in [0.1, 0.15) is 0 Å². The molecule has 4 N–H and O–H groups in total. The normalized spacial score (nSPS) is 20.1. The Morgan fingerprint density at radius 2 is 1.50 bits per heavy atom. The molecule has 0 rings (SSSR count). The van der Waals surface area contributed by atoms with Gasteiger partial charge in [-0.3, -0.25) is 4.57 Å². The van der Waals surface area contributed by atoms with Crippen LogP contribution in [-0.4, -0.2) is 25.9 Å². The minimum atomic E-state index is -5.28. The molecule has 0 aliphatic rings. The van der Waals surface area contributed by atoms with Crippen LogP contribution in [0.25, 0.3) is 0 Å². The fourth-order valence-corrected chi connectivity index (χ4v) is 2.91. The van der Waals surface area contributed by atoms with Gasteiger partial charge in [-0.05, 0) is 0 Å². The topological polar surface area (TPSA) is 180 Å². The molecule has 0 saturated heterocycles. The lowest BCUT2D eigenvalue weighted by molar-refractivity contribution is 0.216. The number of phosphoric acid groups is 2. The highest BCUT2D eigenvalue weighted by Gasteiger charge is 2.34. The third-order valence-corrected chi connectivity index (χ3v) is 4.82. The summed E-state index contributed by atoms with van der Waals surface area (Å²) in [5, 5.41) is 9.94. The molecular weight excluding hydrogens is 313 g/mol. The molecule has 0 bridgehead atoms. The lowest BCUT2D eigenvalue weighted by Gasteiger charge is -2.11. The molecule has 0 aliphatic carbocycles. The van der Waals surface area contributed by atoms with Crippen molar-refractivity contribution in [2.45, 2.75) is 0 Å². The third kappa shape index (κ3) is 8.82. The van der Waals surface area contributed by atoms with Gasteiger partial charge in [0.15, 0.2) is 18.7 Å². The lowest BCUT2D eigenvalue weighted by Crippen LogP contribution is -1.90. The van der Waals surface area contributed by atoms with Crippen molar-refractivity contribution in [2.75, 3.05) is 6.35 Å². The van der Waals surface area contributed by atoms with Gasteiger partial charge in [-0.25, -0.2) is 18.2 Å². The van der Waals surface area contributed by atoms with Crippen molar-refractivity contribution >= 4 is 35.6 Å². The zero-order valence-corrected chi connectivity index (χ0v) is 10.6. The zero-order valence-electron chi connectivity index (χ0n) is 7.10. The maximum Gasteiger partial charge on any atom is 0.494 e. The highest BCUT2D eigenvalue weighted by molar-refractivity contribution is 7.97. The number of hydrogen-bond donors (Lipinski definition) is 4. The first-order valence-corrected chi connectivity index (χ1v) is 8.47. The number of rotatable bonds is 7. The van der Waals surface area contributed by atoms with Crippen molar-refractivity contribution in [1.82, 2.24) is 0 Å². The maximum absolute atomic E-state index is 10.7. The molecule has 0 aromatic heterocycles. The quantitative estimate of drug-likeness (QED) is 0.376. The highest BCUT2D eigenvalue weighted by Crippen LogP contribution is 2.60. The summed E-state index contributed by atoms with van der Waals surface area (Å²) in [6.45, 7) is 0. The molecule has 0 aliphatic heterocycles. The molecule has 0 saturated carbocycles. The minimum Gasteiger partial charge on any atom is -0.322 e. The molecule has 11 nitrogen and oxygen atoms in total. The standard InChI is InChI=1S/CH6O11P3S/c2-1-13(3,4)11-16-12-15(8,9)10-14(5,6)7/h1H2,(H,3,4)(H,8,9)(H2,5,6,7). The summed E-state index contributed by atoms with van der Waals surface area (Å²) in [5.74, 6) is 0. The summed E-state index contributed by atoms with van der Waals surface area (Å²) in [4.78, 5) is 33.4. The van der Waals surface area contributed by atoms with Crippen LogP contribution in [0.3, 0.4) is 0 Å². The van der Waals surface area contributed by atoms with Gasteiger partial charge >= 0.3 is 23.2 Å². The van der Waals surface area contributed by atoms with Crippen LogP contribution in [0.4, 0.5) is 0 Å². The van der Waals surface area contributed by atoms with E-state index in [1.54, 1.807) is 0 Å². The summed E-state index contributed by atoms with van der Waals surface area (Å²) < 4.78 is 42.0. The van der Waals surface area contributed by atoms with E-state index in [1.807, 2.05) is 0 Å². The van der Waals surface area contributed by atoms with Crippen LogP contribution in [0.5, 0.6) is 0 Å². The van der Waals surface area contributed by atoms with Crippen molar-refractivity contribution in [3.63, 3.8) is 0 Å². The van der Waals surface area contributed by atoms with Crippen molar-refractivity contribution < 1.29 is 50.6 Å². The van der Waals surface area contributed by atoms with E-state index in [4.69, 9.17) is 19.6 Å². The molecule has 15 heteroatoms. The molecule has 2 atom stereocenters. The van der Waals surface area contributed by atoms with Crippen molar-refractivity contribution in [3.8, 4) is 0 Å². The first-order chi connectivity index (χ1) is 6.97. The molecule has 16 heavy (non-hydrogen) atoms. The molecular formula is CH6O11P3S. The SMILES string of the molecule is [O]CP(=O)(O)OSOP(=O)(O)OP(=O)(O)O. The average Bonchev–Trinajstić information content (AvgIpc) is 1.98. The van der Waals surface area contributed by atoms with Crippen LogP contribution in [0.15, 0.2) is 0 Å². The Morgan fingerprint density at radius 1 is 1.00 bits per heavy atom. The average molecular weight is 319 g/mol. The van der Waals surface area contributed by atoms with Gasteiger partial charge < -0.3 is 19.6 Å². The third-order valence-electron chi connectivity index (χ3n) is 0.644. The Morgan fingerprint density at radius 3 is 1.88 bits per heavy atom. The maximum atomic E-state index is 10.7. The van der Waals surface area contributed by atoms with Crippen LogP contribution in [0, 0.1) is 0 Å². The first kappa shape index (κ1) is 16.7. The number of hydrogen-bond acceptors (Lipinski definition) is 7. The van der Waals surface area contributed by atoms with Crippen molar-refractivity contribution in [3.05, 3.63) is 0 Å². The van der Waals surface area contributed by atoms with Gasteiger partial charge in [0.05, 0.1) is 0 Å². The minimum absolute atomic E-state index is 0.562. The largest absolute Gasteiger partial charge is 0.494 e. The van der Waals surface area contributed by atoms with E-state index in [1.165, 1.54) is 0 Å². The first-order valence-electron chi connectivity index (χ1n) is 3.02. The van der Waals surface area contributed by atoms with Crippen LogP contribution in [-0.2, 0) is 31.1 Å². The van der Waals surface area contributed by atoms with E-state index in [9.17, 15) is 18.8 Å². The second-order valence-corrected chi connectivity index (χ2v) is 7.46. The van der Waals surface area contributed by atoms with Crippen LogP contribution in [0.2, 0.25) is 0 Å². The Bertz CT molecular complexity index is 356. The second-order valence-electron chi connectivity index (χ2n) is 2.02. The molecule has 0 amide bonds. The molecule has 0 spiro atoms.